The predicted molar refractivity (Wildman–Crippen MR) is 122 cm³/mol. The number of nitrogens with one attached hydrogen (secondary N) is 3. The summed E-state index contributed by atoms with van der Waals surface area (Å²) in [7, 11) is 0. The number of benzene rings is 1. The second kappa shape index (κ2) is 12.2. The Bertz CT molecular complexity index is 796. The summed E-state index contributed by atoms with van der Waals surface area (Å²) < 4.78 is 0. The van der Waals surface area contributed by atoms with Gasteiger partial charge < -0.3 is 20.9 Å². The van der Waals surface area contributed by atoms with Gasteiger partial charge >= 0.3 is 0 Å². The molecule has 1 aliphatic rings. The van der Waals surface area contributed by atoms with Crippen LogP contribution in [0.15, 0.2) is 30.3 Å². The Hall–Kier alpha value is -2.90. The highest BCUT2D eigenvalue weighted by Crippen LogP contribution is 2.13. The molecule has 0 radical (unpaired) electrons. The molecule has 0 spiro atoms. The van der Waals surface area contributed by atoms with Crippen molar-refractivity contribution in [3.63, 3.8) is 0 Å². The van der Waals surface area contributed by atoms with Crippen molar-refractivity contribution in [1.82, 2.24) is 20.9 Å². The number of nitrogens with zero attached hydrogens (tertiary/aromatic N) is 1. The average molecular weight is 445 g/mol. The third kappa shape index (κ3) is 7.98. The number of carbonyl (C=O) groups excluding carboxylic acids is 4. The molecule has 0 aromatic heterocycles. The van der Waals surface area contributed by atoms with E-state index in [2.05, 4.69) is 16.0 Å². The Balaban J connectivity index is 2.31. The van der Waals surface area contributed by atoms with E-state index in [0.717, 1.165) is 5.56 Å². The van der Waals surface area contributed by atoms with Crippen molar-refractivity contribution in [2.45, 2.75) is 65.6 Å². The third-order valence-corrected chi connectivity index (χ3v) is 5.52. The standard InChI is InChI=1S/C24H36N4O4/c1-16(2)13-20-24(32)28(14-19-10-6-5-7-11-19)15-21(29)25-12-8-9-17(3)22(30)26-18(4)23(31)27-20/h5-7,10-11,16-18,20H,8-9,12-15H2,1-4H3,(H,25,29)(H,26,30)(H,27,31)/t17-,18+,20+/m1/s1. The second-order valence-corrected chi connectivity index (χ2v) is 8.99. The van der Waals surface area contributed by atoms with Gasteiger partial charge in [0.25, 0.3) is 0 Å². The molecule has 1 heterocycles. The maximum Gasteiger partial charge on any atom is 0.245 e. The van der Waals surface area contributed by atoms with Gasteiger partial charge in [-0.3, -0.25) is 19.2 Å². The van der Waals surface area contributed by atoms with Crippen molar-refractivity contribution >= 4 is 23.6 Å². The summed E-state index contributed by atoms with van der Waals surface area (Å²) in [6.07, 6.45) is 1.64. The number of hydrogen-bond acceptors (Lipinski definition) is 4. The van der Waals surface area contributed by atoms with Crippen molar-refractivity contribution in [3.05, 3.63) is 35.9 Å². The molecule has 3 atom stereocenters. The molecule has 0 saturated carbocycles. The highest BCUT2D eigenvalue weighted by atomic mass is 16.2. The van der Waals surface area contributed by atoms with E-state index in [4.69, 9.17) is 0 Å². The van der Waals surface area contributed by atoms with Crippen LogP contribution >= 0.6 is 0 Å². The zero-order valence-corrected chi connectivity index (χ0v) is 19.5. The van der Waals surface area contributed by atoms with Crippen LogP contribution in [0.25, 0.3) is 0 Å². The van der Waals surface area contributed by atoms with Crippen molar-refractivity contribution in [1.29, 1.82) is 0 Å². The van der Waals surface area contributed by atoms with Crippen LogP contribution in [0.4, 0.5) is 0 Å². The van der Waals surface area contributed by atoms with Crippen LogP contribution in [0.1, 0.15) is 52.5 Å². The van der Waals surface area contributed by atoms with Crippen molar-refractivity contribution in [2.24, 2.45) is 11.8 Å². The van der Waals surface area contributed by atoms with E-state index >= 15 is 0 Å². The molecule has 8 nitrogen and oxygen atoms in total. The Kier molecular flexibility index (Phi) is 9.68. The fourth-order valence-electron chi connectivity index (χ4n) is 3.64. The molecule has 1 fully saturated rings. The first-order valence-corrected chi connectivity index (χ1v) is 11.4. The molecule has 1 aromatic carbocycles. The average Bonchev–Trinajstić information content (AvgIpc) is 2.74. The van der Waals surface area contributed by atoms with Crippen LogP contribution in [0.5, 0.6) is 0 Å². The second-order valence-electron chi connectivity index (χ2n) is 8.99. The maximum absolute atomic E-state index is 13.5. The van der Waals surface area contributed by atoms with Crippen LogP contribution < -0.4 is 16.0 Å². The molecule has 3 N–H and O–H groups in total. The summed E-state index contributed by atoms with van der Waals surface area (Å²) in [5, 5.41) is 8.39. The summed E-state index contributed by atoms with van der Waals surface area (Å²) >= 11 is 0. The van der Waals surface area contributed by atoms with E-state index in [9.17, 15) is 19.2 Å². The van der Waals surface area contributed by atoms with Gasteiger partial charge in [-0.05, 0) is 37.7 Å². The summed E-state index contributed by atoms with van der Waals surface area (Å²) in [6.45, 7) is 7.94. The lowest BCUT2D eigenvalue weighted by Gasteiger charge is -2.29. The number of carbonyl (C=O) groups is 4. The minimum absolute atomic E-state index is 0.0967. The molecular formula is C24H36N4O4. The lowest BCUT2D eigenvalue weighted by Crippen LogP contribution is -2.55. The van der Waals surface area contributed by atoms with Crippen molar-refractivity contribution < 1.29 is 19.2 Å². The molecule has 4 amide bonds. The van der Waals surface area contributed by atoms with Gasteiger partial charge in [0.2, 0.25) is 23.6 Å². The Morgan fingerprint density at radius 2 is 1.69 bits per heavy atom. The number of amides is 4. The smallest absolute Gasteiger partial charge is 0.245 e. The molecule has 32 heavy (non-hydrogen) atoms. The van der Waals surface area contributed by atoms with E-state index in [0.29, 0.717) is 25.8 Å². The summed E-state index contributed by atoms with van der Waals surface area (Å²) in [6, 6.07) is 7.90. The van der Waals surface area contributed by atoms with Gasteiger partial charge in [-0.1, -0.05) is 51.1 Å². The van der Waals surface area contributed by atoms with Crippen LogP contribution in [0.2, 0.25) is 0 Å². The zero-order chi connectivity index (χ0) is 23.7. The molecule has 0 aliphatic carbocycles. The fourth-order valence-corrected chi connectivity index (χ4v) is 3.64. The van der Waals surface area contributed by atoms with E-state index in [1.807, 2.05) is 44.2 Å². The van der Waals surface area contributed by atoms with Crippen molar-refractivity contribution in [3.8, 4) is 0 Å². The maximum atomic E-state index is 13.5. The van der Waals surface area contributed by atoms with Crippen LogP contribution in [0.3, 0.4) is 0 Å². The third-order valence-electron chi connectivity index (χ3n) is 5.52. The summed E-state index contributed by atoms with van der Waals surface area (Å²) in [5.74, 6) is -1.34. The molecule has 176 valence electrons. The predicted octanol–water partition coefficient (Wildman–Crippen LogP) is 1.60. The Morgan fingerprint density at radius 3 is 2.34 bits per heavy atom. The van der Waals surface area contributed by atoms with Crippen LogP contribution in [0, 0.1) is 11.8 Å². The normalized spacial score (nSPS) is 24.3. The van der Waals surface area contributed by atoms with Gasteiger partial charge in [-0.2, -0.15) is 0 Å². The van der Waals surface area contributed by atoms with E-state index < -0.39 is 18.0 Å². The molecular weight excluding hydrogens is 408 g/mol. The largest absolute Gasteiger partial charge is 0.355 e. The minimum atomic E-state index is -0.791. The van der Waals surface area contributed by atoms with Gasteiger partial charge in [-0.25, -0.2) is 0 Å². The van der Waals surface area contributed by atoms with Gasteiger partial charge in [0, 0.05) is 19.0 Å². The Morgan fingerprint density at radius 1 is 1.00 bits per heavy atom. The molecule has 1 saturated heterocycles. The SMILES string of the molecule is CC(C)C[C@@H]1NC(=O)[C@H](C)NC(=O)[C@H](C)CCCNC(=O)CN(Cc2ccccc2)C1=O. The van der Waals surface area contributed by atoms with E-state index in [1.165, 1.54) is 4.90 Å². The van der Waals surface area contributed by atoms with Gasteiger partial charge in [0.15, 0.2) is 0 Å². The number of hydrogen-bond donors (Lipinski definition) is 3. The van der Waals surface area contributed by atoms with Gasteiger partial charge in [0.05, 0.1) is 6.54 Å². The first-order valence-electron chi connectivity index (χ1n) is 11.4. The van der Waals surface area contributed by atoms with Crippen LogP contribution in [-0.4, -0.2) is 53.7 Å². The van der Waals surface area contributed by atoms with Gasteiger partial charge in [0.1, 0.15) is 12.1 Å². The molecule has 1 aromatic rings. The highest BCUT2D eigenvalue weighted by molar-refractivity contribution is 5.93. The summed E-state index contributed by atoms with van der Waals surface area (Å²) in [4.78, 5) is 52.7. The molecule has 0 bridgehead atoms. The van der Waals surface area contributed by atoms with E-state index in [-0.39, 0.29) is 42.6 Å². The molecule has 2 rings (SSSR count). The summed E-state index contributed by atoms with van der Waals surface area (Å²) in [5.41, 5.74) is 0.899. The lowest BCUT2D eigenvalue weighted by atomic mass is 10.0. The Labute approximate surface area is 190 Å². The van der Waals surface area contributed by atoms with Crippen molar-refractivity contribution in [2.75, 3.05) is 13.1 Å². The highest BCUT2D eigenvalue weighted by Gasteiger charge is 2.30. The minimum Gasteiger partial charge on any atom is -0.355 e. The molecule has 0 unspecified atom stereocenters. The molecule has 8 heteroatoms. The monoisotopic (exact) mass is 444 g/mol. The van der Waals surface area contributed by atoms with E-state index in [1.54, 1.807) is 13.8 Å². The number of rotatable bonds is 4. The topological polar surface area (TPSA) is 108 Å². The lowest BCUT2D eigenvalue weighted by molar-refractivity contribution is -0.140. The fraction of sp³-hybridized carbons (Fsp3) is 0.583. The van der Waals surface area contributed by atoms with Crippen LogP contribution in [-0.2, 0) is 25.7 Å². The quantitative estimate of drug-likeness (QED) is 0.656. The zero-order valence-electron chi connectivity index (χ0n) is 19.5. The first kappa shape index (κ1) is 25.4. The van der Waals surface area contributed by atoms with Gasteiger partial charge in [-0.15, -0.1) is 0 Å². The molecule has 1 aliphatic heterocycles. The first-order chi connectivity index (χ1) is 15.2.